The van der Waals surface area contributed by atoms with E-state index >= 15 is 0 Å². The van der Waals surface area contributed by atoms with Crippen molar-refractivity contribution in [3.05, 3.63) is 94.9 Å². The number of rotatable bonds is 5. The van der Waals surface area contributed by atoms with Crippen LogP contribution in [0.1, 0.15) is 18.4 Å². The zero-order valence-electron chi connectivity index (χ0n) is 16.7. The van der Waals surface area contributed by atoms with Crippen LogP contribution in [0.25, 0.3) is 16.6 Å². The monoisotopic (exact) mass is 397 g/mol. The maximum atomic E-state index is 12.7. The maximum absolute atomic E-state index is 12.7. The molecule has 5 nitrogen and oxygen atoms in total. The Kier molecular flexibility index (Phi) is 4.93. The van der Waals surface area contributed by atoms with Crippen LogP contribution in [0.15, 0.2) is 83.8 Å². The molecule has 0 saturated carbocycles. The van der Waals surface area contributed by atoms with Crippen LogP contribution in [0.5, 0.6) is 5.75 Å². The minimum absolute atomic E-state index is 0.124. The highest BCUT2D eigenvalue weighted by atomic mass is 16.5. The van der Waals surface area contributed by atoms with Gasteiger partial charge in [0.05, 0.1) is 5.52 Å². The maximum Gasteiger partial charge on any atom is 0.258 e. The van der Waals surface area contributed by atoms with Crippen LogP contribution in [0.2, 0.25) is 0 Å². The SMILES string of the molecule is O=c1cc(OCc2ccccc2)ccn1-c1ccc2nc(N3CCCC3)ccc2c1. The molecule has 0 amide bonds. The van der Waals surface area contributed by atoms with E-state index in [0.29, 0.717) is 12.4 Å². The summed E-state index contributed by atoms with van der Waals surface area (Å²) in [5.41, 5.74) is 2.70. The van der Waals surface area contributed by atoms with Crippen molar-refractivity contribution in [3.63, 3.8) is 0 Å². The molecular formula is C25H23N3O2. The predicted octanol–water partition coefficient (Wildman–Crippen LogP) is 4.56. The van der Waals surface area contributed by atoms with E-state index < -0.39 is 0 Å². The summed E-state index contributed by atoms with van der Waals surface area (Å²) >= 11 is 0. The number of pyridine rings is 2. The van der Waals surface area contributed by atoms with Crippen molar-refractivity contribution >= 4 is 16.7 Å². The Hall–Kier alpha value is -3.60. The molecule has 1 saturated heterocycles. The fourth-order valence-corrected chi connectivity index (χ4v) is 3.88. The number of fused-ring (bicyclic) bond motifs is 1. The molecule has 0 spiro atoms. The van der Waals surface area contributed by atoms with Crippen molar-refractivity contribution in [1.29, 1.82) is 0 Å². The first kappa shape index (κ1) is 18.4. The fourth-order valence-electron chi connectivity index (χ4n) is 3.88. The Morgan fingerprint density at radius 3 is 2.53 bits per heavy atom. The number of ether oxygens (including phenoxy) is 1. The van der Waals surface area contributed by atoms with Crippen LogP contribution in [-0.2, 0) is 6.61 Å². The highest BCUT2D eigenvalue weighted by molar-refractivity contribution is 5.82. The Labute approximate surface area is 175 Å². The van der Waals surface area contributed by atoms with E-state index in [2.05, 4.69) is 17.0 Å². The third kappa shape index (κ3) is 3.79. The van der Waals surface area contributed by atoms with Crippen molar-refractivity contribution in [2.24, 2.45) is 0 Å². The van der Waals surface area contributed by atoms with Gasteiger partial charge in [-0.2, -0.15) is 0 Å². The molecule has 0 atom stereocenters. The first-order valence-corrected chi connectivity index (χ1v) is 10.3. The molecule has 0 radical (unpaired) electrons. The molecule has 5 heteroatoms. The quantitative estimate of drug-likeness (QED) is 0.495. The molecule has 30 heavy (non-hydrogen) atoms. The summed E-state index contributed by atoms with van der Waals surface area (Å²) in [4.78, 5) is 19.8. The van der Waals surface area contributed by atoms with Gasteiger partial charge in [0.1, 0.15) is 18.2 Å². The topological polar surface area (TPSA) is 47.4 Å². The van der Waals surface area contributed by atoms with Crippen LogP contribution < -0.4 is 15.2 Å². The molecule has 150 valence electrons. The molecular weight excluding hydrogens is 374 g/mol. The third-order valence-electron chi connectivity index (χ3n) is 5.51. The molecule has 1 fully saturated rings. The lowest BCUT2D eigenvalue weighted by Gasteiger charge is -2.16. The number of nitrogens with zero attached hydrogens (tertiary/aromatic N) is 3. The van der Waals surface area contributed by atoms with Crippen LogP contribution in [0.4, 0.5) is 5.82 Å². The number of hydrogen-bond acceptors (Lipinski definition) is 4. The van der Waals surface area contributed by atoms with Gasteiger partial charge in [-0.3, -0.25) is 9.36 Å². The second-order valence-corrected chi connectivity index (χ2v) is 7.59. The van der Waals surface area contributed by atoms with Gasteiger partial charge in [-0.15, -0.1) is 0 Å². The van der Waals surface area contributed by atoms with Gasteiger partial charge in [-0.25, -0.2) is 4.98 Å². The van der Waals surface area contributed by atoms with Crippen molar-refractivity contribution < 1.29 is 4.74 Å². The number of hydrogen-bond donors (Lipinski definition) is 0. The summed E-state index contributed by atoms with van der Waals surface area (Å²) in [6.45, 7) is 2.58. The summed E-state index contributed by atoms with van der Waals surface area (Å²) in [6, 6.07) is 23.3. The zero-order valence-corrected chi connectivity index (χ0v) is 16.7. The Morgan fingerprint density at radius 2 is 1.73 bits per heavy atom. The summed E-state index contributed by atoms with van der Waals surface area (Å²) in [5, 5.41) is 1.02. The fraction of sp³-hybridized carbons (Fsp3) is 0.200. The van der Waals surface area contributed by atoms with Gasteiger partial charge in [-0.05, 0) is 54.8 Å². The van der Waals surface area contributed by atoms with Crippen LogP contribution in [0, 0.1) is 0 Å². The average molecular weight is 397 g/mol. The van der Waals surface area contributed by atoms with Gasteiger partial charge in [0.15, 0.2) is 0 Å². The van der Waals surface area contributed by atoms with Gasteiger partial charge in [0.25, 0.3) is 5.56 Å². The molecule has 4 aromatic rings. The average Bonchev–Trinajstić information content (AvgIpc) is 3.33. The smallest absolute Gasteiger partial charge is 0.258 e. The lowest BCUT2D eigenvalue weighted by molar-refractivity contribution is 0.305. The van der Waals surface area contributed by atoms with E-state index in [1.165, 1.54) is 18.9 Å². The van der Waals surface area contributed by atoms with Gasteiger partial charge >= 0.3 is 0 Å². The lowest BCUT2D eigenvalue weighted by Crippen LogP contribution is -2.19. The second-order valence-electron chi connectivity index (χ2n) is 7.59. The van der Waals surface area contributed by atoms with Crippen LogP contribution in [-0.4, -0.2) is 22.6 Å². The van der Waals surface area contributed by atoms with Crippen LogP contribution in [0.3, 0.4) is 0 Å². The summed E-state index contributed by atoms with van der Waals surface area (Å²) in [5.74, 6) is 1.60. The molecule has 2 aromatic carbocycles. The first-order chi connectivity index (χ1) is 14.8. The van der Waals surface area contributed by atoms with E-state index in [4.69, 9.17) is 9.72 Å². The highest BCUT2D eigenvalue weighted by Gasteiger charge is 2.14. The molecule has 3 heterocycles. The second kappa shape index (κ2) is 8.03. The van der Waals surface area contributed by atoms with E-state index in [1.807, 2.05) is 54.6 Å². The van der Waals surface area contributed by atoms with Crippen molar-refractivity contribution in [2.75, 3.05) is 18.0 Å². The summed E-state index contributed by atoms with van der Waals surface area (Å²) in [6.07, 6.45) is 4.22. The standard InChI is InChI=1S/C25H23N3O2/c29-25-17-22(30-18-19-6-2-1-3-7-19)12-15-28(25)21-9-10-23-20(16-21)8-11-24(26-23)27-13-4-5-14-27/h1-3,6-12,15-17H,4-5,13-14,18H2. The Balaban J connectivity index is 1.37. The number of aromatic nitrogens is 2. The summed E-state index contributed by atoms with van der Waals surface area (Å²) < 4.78 is 7.40. The molecule has 0 unspecified atom stereocenters. The molecule has 5 rings (SSSR count). The molecule has 0 aliphatic carbocycles. The number of benzene rings is 2. The van der Waals surface area contributed by atoms with Crippen molar-refractivity contribution in [2.45, 2.75) is 19.4 Å². The zero-order chi connectivity index (χ0) is 20.3. The van der Waals surface area contributed by atoms with Crippen LogP contribution >= 0.6 is 0 Å². The summed E-state index contributed by atoms with van der Waals surface area (Å²) in [7, 11) is 0. The van der Waals surface area contributed by atoms with E-state index in [1.54, 1.807) is 10.8 Å². The minimum Gasteiger partial charge on any atom is -0.489 e. The molecule has 2 aromatic heterocycles. The van der Waals surface area contributed by atoms with Gasteiger partial charge in [-0.1, -0.05) is 30.3 Å². The minimum atomic E-state index is -0.124. The van der Waals surface area contributed by atoms with E-state index in [9.17, 15) is 4.79 Å². The van der Waals surface area contributed by atoms with Crippen molar-refractivity contribution in [3.8, 4) is 11.4 Å². The molecule has 1 aliphatic heterocycles. The molecule has 0 N–H and O–H groups in total. The number of anilines is 1. The molecule has 1 aliphatic rings. The molecule has 0 bridgehead atoms. The van der Waals surface area contributed by atoms with Gasteiger partial charge in [0, 0.05) is 36.4 Å². The van der Waals surface area contributed by atoms with E-state index in [0.717, 1.165) is 41.1 Å². The third-order valence-corrected chi connectivity index (χ3v) is 5.51. The Bertz CT molecular complexity index is 1230. The first-order valence-electron chi connectivity index (χ1n) is 10.3. The lowest BCUT2D eigenvalue weighted by atomic mass is 10.2. The Morgan fingerprint density at radius 1 is 0.900 bits per heavy atom. The van der Waals surface area contributed by atoms with Gasteiger partial charge in [0.2, 0.25) is 0 Å². The van der Waals surface area contributed by atoms with Crippen molar-refractivity contribution in [1.82, 2.24) is 9.55 Å². The van der Waals surface area contributed by atoms with E-state index in [-0.39, 0.29) is 5.56 Å². The normalized spacial score (nSPS) is 13.7. The van der Waals surface area contributed by atoms with Gasteiger partial charge < -0.3 is 9.64 Å². The highest BCUT2D eigenvalue weighted by Crippen LogP contribution is 2.23. The largest absolute Gasteiger partial charge is 0.489 e. The predicted molar refractivity (Wildman–Crippen MR) is 120 cm³/mol.